The van der Waals surface area contributed by atoms with Crippen LogP contribution in [0.25, 0.3) is 0 Å². The van der Waals surface area contributed by atoms with E-state index in [0.717, 1.165) is 11.3 Å². The molecule has 2 heterocycles. The molecule has 0 unspecified atom stereocenters. The van der Waals surface area contributed by atoms with Crippen molar-refractivity contribution in [2.24, 2.45) is 0 Å². The SMILES string of the molecule is CN1C(=O)C[C@H](CNC(=O)c2ccc(C#N)nc2)c2ccccc21. The van der Waals surface area contributed by atoms with E-state index in [1.54, 1.807) is 18.0 Å². The molecule has 1 N–H and O–H groups in total. The molecular weight excluding hydrogens is 304 g/mol. The Morgan fingerprint density at radius 2 is 2.17 bits per heavy atom. The number of benzene rings is 1. The lowest BCUT2D eigenvalue weighted by Gasteiger charge is -2.31. The maximum Gasteiger partial charge on any atom is 0.252 e. The van der Waals surface area contributed by atoms with Crippen LogP contribution in [0.4, 0.5) is 5.69 Å². The second-order valence-corrected chi connectivity index (χ2v) is 5.67. The number of nitrogens with one attached hydrogen (secondary N) is 1. The average Bonchev–Trinajstić information content (AvgIpc) is 2.63. The second-order valence-electron chi connectivity index (χ2n) is 5.67. The normalized spacial score (nSPS) is 16.2. The highest BCUT2D eigenvalue weighted by atomic mass is 16.2. The molecule has 0 fully saturated rings. The Balaban J connectivity index is 1.72. The van der Waals surface area contributed by atoms with Crippen LogP contribution in [0.1, 0.15) is 34.0 Å². The number of amides is 2. The summed E-state index contributed by atoms with van der Waals surface area (Å²) < 4.78 is 0. The predicted octanol–water partition coefficient (Wildman–Crippen LogP) is 1.83. The van der Waals surface area contributed by atoms with Crippen LogP contribution in [-0.4, -0.2) is 30.4 Å². The third-order valence-electron chi connectivity index (χ3n) is 4.18. The zero-order chi connectivity index (χ0) is 17.1. The number of rotatable bonds is 3. The molecule has 1 aromatic carbocycles. The number of nitriles is 1. The molecule has 1 aliphatic heterocycles. The standard InChI is InChI=1S/C18H16N4O2/c1-22-16-5-3-2-4-15(16)13(8-17(22)23)11-21-18(24)12-6-7-14(9-19)20-10-12/h2-7,10,13H,8,11H2,1H3,(H,21,24)/t13-/m1/s1. The minimum atomic E-state index is -0.268. The minimum absolute atomic E-state index is 0.0352. The monoisotopic (exact) mass is 320 g/mol. The summed E-state index contributed by atoms with van der Waals surface area (Å²) in [5.41, 5.74) is 2.59. The molecule has 0 saturated carbocycles. The Bertz CT molecular complexity index is 824. The van der Waals surface area contributed by atoms with Crippen LogP contribution < -0.4 is 10.2 Å². The molecule has 3 rings (SSSR count). The maximum atomic E-state index is 12.2. The van der Waals surface area contributed by atoms with Crippen molar-refractivity contribution in [1.82, 2.24) is 10.3 Å². The van der Waals surface area contributed by atoms with Gasteiger partial charge in [-0.25, -0.2) is 4.98 Å². The van der Waals surface area contributed by atoms with Crippen molar-refractivity contribution in [3.63, 3.8) is 0 Å². The number of hydrogen-bond acceptors (Lipinski definition) is 4. The summed E-state index contributed by atoms with van der Waals surface area (Å²) in [4.78, 5) is 29.9. The van der Waals surface area contributed by atoms with E-state index in [4.69, 9.17) is 5.26 Å². The molecule has 2 amide bonds. The van der Waals surface area contributed by atoms with E-state index in [-0.39, 0.29) is 23.4 Å². The van der Waals surface area contributed by atoms with Crippen LogP contribution in [0.3, 0.4) is 0 Å². The summed E-state index contributed by atoms with van der Waals surface area (Å²) in [6, 6.07) is 12.7. The first-order valence-corrected chi connectivity index (χ1v) is 7.60. The number of hydrogen-bond donors (Lipinski definition) is 1. The van der Waals surface area contributed by atoms with Crippen molar-refractivity contribution in [1.29, 1.82) is 5.26 Å². The van der Waals surface area contributed by atoms with Gasteiger partial charge in [-0.2, -0.15) is 5.26 Å². The highest BCUT2D eigenvalue weighted by Crippen LogP contribution is 2.34. The molecule has 0 bridgehead atoms. The minimum Gasteiger partial charge on any atom is -0.351 e. The number of para-hydroxylation sites is 1. The van der Waals surface area contributed by atoms with Gasteiger partial charge >= 0.3 is 0 Å². The quantitative estimate of drug-likeness (QED) is 0.935. The van der Waals surface area contributed by atoms with Gasteiger partial charge in [0, 0.05) is 37.8 Å². The van der Waals surface area contributed by atoms with Gasteiger partial charge in [0.05, 0.1) is 5.56 Å². The van der Waals surface area contributed by atoms with Gasteiger partial charge < -0.3 is 10.2 Å². The van der Waals surface area contributed by atoms with Gasteiger partial charge in [-0.3, -0.25) is 9.59 Å². The van der Waals surface area contributed by atoms with Gasteiger partial charge in [0.25, 0.3) is 5.91 Å². The molecule has 6 nitrogen and oxygen atoms in total. The lowest BCUT2D eigenvalue weighted by Crippen LogP contribution is -2.37. The van der Waals surface area contributed by atoms with Crippen LogP contribution in [0, 0.1) is 11.3 Å². The molecule has 1 atom stereocenters. The molecular formula is C18H16N4O2. The Morgan fingerprint density at radius 3 is 2.88 bits per heavy atom. The van der Waals surface area contributed by atoms with Gasteiger partial charge in [0.1, 0.15) is 11.8 Å². The molecule has 2 aromatic rings. The number of carbonyl (C=O) groups excluding carboxylic acids is 2. The topological polar surface area (TPSA) is 86.1 Å². The number of anilines is 1. The fraction of sp³-hybridized carbons (Fsp3) is 0.222. The van der Waals surface area contributed by atoms with Gasteiger partial charge in [0.15, 0.2) is 0 Å². The Hall–Kier alpha value is -3.20. The van der Waals surface area contributed by atoms with Gasteiger partial charge in [-0.05, 0) is 23.8 Å². The summed E-state index contributed by atoms with van der Waals surface area (Å²) in [6.07, 6.45) is 1.74. The lowest BCUT2D eigenvalue weighted by atomic mass is 9.89. The molecule has 1 aromatic heterocycles. The van der Waals surface area contributed by atoms with Crippen LogP contribution in [0.2, 0.25) is 0 Å². The number of nitrogens with zero attached hydrogens (tertiary/aromatic N) is 3. The van der Waals surface area contributed by atoms with Crippen molar-refractivity contribution in [2.45, 2.75) is 12.3 Å². The molecule has 0 radical (unpaired) electrons. The van der Waals surface area contributed by atoms with Crippen LogP contribution in [0.15, 0.2) is 42.6 Å². The van der Waals surface area contributed by atoms with Gasteiger partial charge in [0.2, 0.25) is 5.91 Å². The average molecular weight is 320 g/mol. The van der Waals surface area contributed by atoms with E-state index in [1.807, 2.05) is 30.3 Å². The number of carbonyl (C=O) groups is 2. The summed E-state index contributed by atoms with van der Waals surface area (Å²) in [7, 11) is 1.76. The van der Waals surface area contributed by atoms with E-state index in [1.165, 1.54) is 12.3 Å². The van der Waals surface area contributed by atoms with E-state index < -0.39 is 0 Å². The highest BCUT2D eigenvalue weighted by Gasteiger charge is 2.29. The zero-order valence-electron chi connectivity index (χ0n) is 13.2. The van der Waals surface area contributed by atoms with Crippen molar-refractivity contribution >= 4 is 17.5 Å². The largest absolute Gasteiger partial charge is 0.351 e. The molecule has 0 spiro atoms. The smallest absolute Gasteiger partial charge is 0.252 e. The fourth-order valence-corrected chi connectivity index (χ4v) is 2.82. The van der Waals surface area contributed by atoms with E-state index >= 15 is 0 Å². The molecule has 6 heteroatoms. The molecule has 1 aliphatic rings. The van der Waals surface area contributed by atoms with Crippen LogP contribution in [-0.2, 0) is 4.79 Å². The molecule has 120 valence electrons. The van der Waals surface area contributed by atoms with Crippen molar-refractivity contribution in [3.8, 4) is 6.07 Å². The van der Waals surface area contributed by atoms with Crippen LogP contribution in [0.5, 0.6) is 0 Å². The Morgan fingerprint density at radius 1 is 1.38 bits per heavy atom. The number of pyridine rings is 1. The summed E-state index contributed by atoms with van der Waals surface area (Å²) in [6.45, 7) is 0.370. The molecule has 24 heavy (non-hydrogen) atoms. The first kappa shape index (κ1) is 15.7. The number of aromatic nitrogens is 1. The third kappa shape index (κ3) is 2.97. The first-order chi connectivity index (χ1) is 11.6. The van der Waals surface area contributed by atoms with Gasteiger partial charge in [-0.15, -0.1) is 0 Å². The summed E-state index contributed by atoms with van der Waals surface area (Å²) in [5, 5.41) is 11.6. The van der Waals surface area contributed by atoms with E-state index in [9.17, 15) is 9.59 Å². The highest BCUT2D eigenvalue weighted by molar-refractivity contribution is 5.97. The van der Waals surface area contributed by atoms with Crippen molar-refractivity contribution < 1.29 is 9.59 Å². The third-order valence-corrected chi connectivity index (χ3v) is 4.18. The molecule has 0 saturated heterocycles. The van der Waals surface area contributed by atoms with E-state index in [0.29, 0.717) is 18.5 Å². The van der Waals surface area contributed by atoms with E-state index in [2.05, 4.69) is 10.3 Å². The summed E-state index contributed by atoms with van der Waals surface area (Å²) >= 11 is 0. The lowest BCUT2D eigenvalue weighted by molar-refractivity contribution is -0.119. The zero-order valence-corrected chi connectivity index (χ0v) is 13.2. The second kappa shape index (κ2) is 6.50. The van der Waals surface area contributed by atoms with Crippen molar-refractivity contribution in [2.75, 3.05) is 18.5 Å². The van der Waals surface area contributed by atoms with Crippen molar-refractivity contribution in [3.05, 3.63) is 59.4 Å². The first-order valence-electron chi connectivity index (χ1n) is 7.60. The van der Waals surface area contributed by atoms with Gasteiger partial charge in [-0.1, -0.05) is 18.2 Å². The Kier molecular flexibility index (Phi) is 4.25. The fourth-order valence-electron chi connectivity index (χ4n) is 2.82. The summed E-state index contributed by atoms with van der Waals surface area (Å²) in [5.74, 6) is -0.288. The molecule has 0 aliphatic carbocycles. The van der Waals surface area contributed by atoms with Crippen LogP contribution >= 0.6 is 0 Å². The maximum absolute atomic E-state index is 12.2. The predicted molar refractivity (Wildman–Crippen MR) is 88.5 cm³/mol. The number of fused-ring (bicyclic) bond motifs is 1. The Labute approximate surface area is 139 Å².